The van der Waals surface area contributed by atoms with Crippen LogP contribution in [0.15, 0.2) is 12.3 Å². The molecule has 0 bridgehead atoms. The maximum atomic E-state index is 12.5. The molecule has 1 aliphatic rings. The molecule has 0 saturated carbocycles. The van der Waals surface area contributed by atoms with Crippen molar-refractivity contribution in [3.8, 4) is 0 Å². The van der Waals surface area contributed by atoms with Crippen LogP contribution in [0.3, 0.4) is 0 Å². The molecule has 2 aromatic rings. The van der Waals surface area contributed by atoms with E-state index >= 15 is 0 Å². The number of imide groups is 1. The lowest BCUT2D eigenvalue weighted by Gasteiger charge is -2.18. The molecule has 3 rings (SSSR count). The average Bonchev–Trinajstić information content (AvgIpc) is 3.18. The summed E-state index contributed by atoms with van der Waals surface area (Å²) in [6.07, 6.45) is 0.571. The van der Waals surface area contributed by atoms with Crippen molar-refractivity contribution in [1.82, 2.24) is 25.0 Å². The summed E-state index contributed by atoms with van der Waals surface area (Å²) in [5, 5.41) is 7.54. The predicted octanol–water partition coefficient (Wildman–Crippen LogP) is 1.42. The number of rotatable bonds is 4. The van der Waals surface area contributed by atoms with E-state index in [1.54, 1.807) is 23.9 Å². The predicted molar refractivity (Wildman–Crippen MR) is 92.6 cm³/mol. The van der Waals surface area contributed by atoms with Crippen LogP contribution in [0, 0.1) is 6.92 Å². The third-order valence-corrected chi connectivity index (χ3v) is 4.22. The number of aromatic nitrogens is 3. The Morgan fingerprint density at radius 2 is 2.04 bits per heavy atom. The van der Waals surface area contributed by atoms with Crippen molar-refractivity contribution in [1.29, 1.82) is 0 Å². The van der Waals surface area contributed by atoms with Gasteiger partial charge < -0.3 is 10.1 Å². The van der Waals surface area contributed by atoms with E-state index in [1.807, 2.05) is 13.8 Å². The molecule has 0 aromatic carbocycles. The van der Waals surface area contributed by atoms with Crippen LogP contribution in [0.4, 0.5) is 4.79 Å². The number of esters is 1. The fraction of sp³-hybridized carbons (Fsp3) is 0.471. The molecular weight excluding hydrogens is 338 g/mol. The number of pyridine rings is 1. The summed E-state index contributed by atoms with van der Waals surface area (Å²) in [7, 11) is 0. The lowest BCUT2D eigenvalue weighted by atomic mass is 10.1. The SMILES string of the molecule is Cc1nc2c(cnn2C(C)C)cc1C(=O)O[C@H](C)C(=O)N1CCNC1=O. The Balaban J connectivity index is 1.80. The van der Waals surface area contributed by atoms with Gasteiger partial charge in [0.25, 0.3) is 5.91 Å². The number of ether oxygens (including phenoxy) is 1. The number of carbonyl (C=O) groups excluding carboxylic acids is 3. The summed E-state index contributed by atoms with van der Waals surface area (Å²) in [6, 6.07) is 1.32. The van der Waals surface area contributed by atoms with Crippen molar-refractivity contribution in [2.24, 2.45) is 0 Å². The topological polar surface area (TPSA) is 106 Å². The fourth-order valence-corrected chi connectivity index (χ4v) is 2.83. The Kier molecular flexibility index (Phi) is 4.62. The van der Waals surface area contributed by atoms with Gasteiger partial charge in [-0.25, -0.2) is 19.3 Å². The van der Waals surface area contributed by atoms with Gasteiger partial charge in [0.1, 0.15) is 0 Å². The van der Waals surface area contributed by atoms with E-state index in [4.69, 9.17) is 4.74 Å². The second kappa shape index (κ2) is 6.74. The number of fused-ring (bicyclic) bond motifs is 1. The molecule has 9 nitrogen and oxygen atoms in total. The number of aryl methyl sites for hydroxylation is 1. The molecule has 138 valence electrons. The summed E-state index contributed by atoms with van der Waals surface area (Å²) in [4.78, 5) is 41.8. The van der Waals surface area contributed by atoms with Gasteiger partial charge in [0.05, 0.1) is 17.5 Å². The van der Waals surface area contributed by atoms with E-state index in [-0.39, 0.29) is 18.2 Å². The van der Waals surface area contributed by atoms with Crippen LogP contribution in [0.25, 0.3) is 11.0 Å². The number of hydrogen-bond acceptors (Lipinski definition) is 6. The Bertz CT molecular complexity index is 889. The highest BCUT2D eigenvalue weighted by atomic mass is 16.5. The minimum Gasteiger partial charge on any atom is -0.449 e. The number of nitrogens with one attached hydrogen (secondary N) is 1. The van der Waals surface area contributed by atoms with Crippen molar-refractivity contribution < 1.29 is 19.1 Å². The molecule has 1 saturated heterocycles. The highest BCUT2D eigenvalue weighted by Crippen LogP contribution is 2.20. The van der Waals surface area contributed by atoms with Crippen LogP contribution >= 0.6 is 0 Å². The summed E-state index contributed by atoms with van der Waals surface area (Å²) >= 11 is 0. The van der Waals surface area contributed by atoms with Crippen LogP contribution in [-0.2, 0) is 9.53 Å². The first-order chi connectivity index (χ1) is 12.3. The van der Waals surface area contributed by atoms with E-state index in [0.717, 1.165) is 4.90 Å². The molecule has 0 aliphatic carbocycles. The largest absolute Gasteiger partial charge is 0.449 e. The molecular formula is C17H21N5O4. The molecule has 0 spiro atoms. The molecule has 26 heavy (non-hydrogen) atoms. The molecule has 1 N–H and O–H groups in total. The zero-order valence-corrected chi connectivity index (χ0v) is 15.1. The van der Waals surface area contributed by atoms with E-state index in [2.05, 4.69) is 15.4 Å². The van der Waals surface area contributed by atoms with Crippen LogP contribution in [0.5, 0.6) is 0 Å². The van der Waals surface area contributed by atoms with Gasteiger partial charge in [-0.15, -0.1) is 0 Å². The maximum absolute atomic E-state index is 12.5. The third-order valence-electron chi connectivity index (χ3n) is 4.22. The van der Waals surface area contributed by atoms with Crippen LogP contribution in [0.2, 0.25) is 0 Å². The Morgan fingerprint density at radius 1 is 1.31 bits per heavy atom. The number of amides is 3. The van der Waals surface area contributed by atoms with E-state index < -0.39 is 24.0 Å². The highest BCUT2D eigenvalue weighted by Gasteiger charge is 2.32. The van der Waals surface area contributed by atoms with Crippen molar-refractivity contribution in [2.45, 2.75) is 39.8 Å². The third kappa shape index (κ3) is 3.12. The maximum Gasteiger partial charge on any atom is 0.340 e. The zero-order chi connectivity index (χ0) is 19.0. The van der Waals surface area contributed by atoms with Crippen molar-refractivity contribution in [3.63, 3.8) is 0 Å². The molecule has 3 amide bonds. The Hall–Kier alpha value is -2.97. The summed E-state index contributed by atoms with van der Waals surface area (Å²) < 4.78 is 7.04. The first-order valence-electron chi connectivity index (χ1n) is 8.44. The molecule has 1 fully saturated rings. The summed E-state index contributed by atoms with van der Waals surface area (Å²) in [5.74, 6) is -1.21. The molecule has 0 radical (unpaired) electrons. The fourth-order valence-electron chi connectivity index (χ4n) is 2.83. The summed E-state index contributed by atoms with van der Waals surface area (Å²) in [5.41, 5.74) is 1.45. The molecule has 0 unspecified atom stereocenters. The van der Waals surface area contributed by atoms with Gasteiger partial charge in [-0.3, -0.25) is 9.69 Å². The quantitative estimate of drug-likeness (QED) is 0.828. The minimum atomic E-state index is -1.07. The summed E-state index contributed by atoms with van der Waals surface area (Å²) in [6.45, 7) is 7.80. The minimum absolute atomic E-state index is 0.140. The van der Waals surface area contributed by atoms with Crippen LogP contribution in [0.1, 0.15) is 42.9 Å². The van der Waals surface area contributed by atoms with Crippen molar-refractivity contribution >= 4 is 28.9 Å². The van der Waals surface area contributed by atoms with Crippen LogP contribution < -0.4 is 5.32 Å². The molecule has 9 heteroatoms. The second-order valence-corrected chi connectivity index (χ2v) is 6.49. The zero-order valence-electron chi connectivity index (χ0n) is 15.1. The Labute approximate surface area is 150 Å². The monoisotopic (exact) mass is 359 g/mol. The normalized spacial score (nSPS) is 15.4. The number of hydrogen-bond donors (Lipinski definition) is 1. The molecule has 3 heterocycles. The van der Waals surface area contributed by atoms with Gasteiger partial charge in [0.15, 0.2) is 11.8 Å². The molecule has 1 aliphatic heterocycles. The van der Waals surface area contributed by atoms with Gasteiger partial charge in [-0.05, 0) is 33.8 Å². The van der Waals surface area contributed by atoms with Gasteiger partial charge in [-0.2, -0.15) is 5.10 Å². The first kappa shape index (κ1) is 17.8. The van der Waals surface area contributed by atoms with E-state index in [0.29, 0.717) is 23.3 Å². The van der Waals surface area contributed by atoms with Gasteiger partial charge in [0.2, 0.25) is 0 Å². The van der Waals surface area contributed by atoms with Crippen molar-refractivity contribution in [2.75, 3.05) is 13.1 Å². The van der Waals surface area contributed by atoms with Gasteiger partial charge in [0, 0.05) is 24.5 Å². The van der Waals surface area contributed by atoms with E-state index in [9.17, 15) is 14.4 Å². The molecule has 2 aromatic heterocycles. The lowest BCUT2D eigenvalue weighted by molar-refractivity contribution is -0.136. The highest BCUT2D eigenvalue weighted by molar-refractivity contribution is 6.00. The molecule has 1 atom stereocenters. The van der Waals surface area contributed by atoms with Gasteiger partial charge in [-0.1, -0.05) is 0 Å². The second-order valence-electron chi connectivity index (χ2n) is 6.49. The van der Waals surface area contributed by atoms with Crippen LogP contribution in [-0.4, -0.2) is 56.8 Å². The Morgan fingerprint density at radius 3 is 2.65 bits per heavy atom. The lowest BCUT2D eigenvalue weighted by Crippen LogP contribution is -2.41. The smallest absolute Gasteiger partial charge is 0.340 e. The van der Waals surface area contributed by atoms with Crippen molar-refractivity contribution in [3.05, 3.63) is 23.5 Å². The van der Waals surface area contributed by atoms with E-state index in [1.165, 1.54) is 6.92 Å². The first-order valence-corrected chi connectivity index (χ1v) is 8.44. The van der Waals surface area contributed by atoms with Gasteiger partial charge >= 0.3 is 12.0 Å². The number of nitrogens with zero attached hydrogens (tertiary/aromatic N) is 4. The number of carbonyl (C=O) groups is 3. The number of urea groups is 1. The average molecular weight is 359 g/mol. The standard InChI is InChI=1S/C17H21N5O4/c1-9(2)22-14-12(8-19-22)7-13(10(3)20-14)16(24)26-11(4)15(23)21-6-5-18-17(21)25/h7-9,11H,5-6H2,1-4H3,(H,18,25)/t11-/m1/s1.